The van der Waals surface area contributed by atoms with E-state index in [2.05, 4.69) is 101 Å². The topological polar surface area (TPSA) is 87.4 Å². The predicted octanol–water partition coefficient (Wildman–Crippen LogP) is 15.4. The highest BCUT2D eigenvalue weighted by molar-refractivity contribution is 5.52. The zero-order chi connectivity index (χ0) is 47.4. The van der Waals surface area contributed by atoms with Gasteiger partial charge in [0, 0.05) is 41.0 Å². The van der Waals surface area contributed by atoms with Gasteiger partial charge in [-0.3, -0.25) is 0 Å². The van der Waals surface area contributed by atoms with Crippen LogP contribution in [-0.2, 0) is 23.3 Å². The molecule has 4 atom stereocenters. The van der Waals surface area contributed by atoms with Crippen LogP contribution >= 0.6 is 0 Å². The molecule has 6 aromatic carbocycles. The van der Waals surface area contributed by atoms with Gasteiger partial charge in [-0.25, -0.2) is 4.79 Å². The van der Waals surface area contributed by atoms with Crippen LogP contribution in [0.5, 0.6) is 17.2 Å². The number of isocyanates is 1. The molecular weight excluding hydrogens is 841 g/mol. The van der Waals surface area contributed by atoms with Crippen LogP contribution in [0.4, 0.5) is 17.1 Å². The van der Waals surface area contributed by atoms with Gasteiger partial charge in [-0.05, 0) is 128 Å². The molecule has 2 heterocycles. The van der Waals surface area contributed by atoms with E-state index in [0.717, 1.165) is 35.7 Å². The van der Waals surface area contributed by atoms with E-state index in [4.69, 9.17) is 19.5 Å². The highest BCUT2D eigenvalue weighted by Gasteiger charge is 2.48. The number of carbonyl (C=O) groups excluding carboxylic acids is 1. The van der Waals surface area contributed by atoms with Gasteiger partial charge in [-0.1, -0.05) is 152 Å². The average Bonchev–Trinajstić information content (AvgIpc) is 4.17. The Hall–Kier alpha value is -6.81. The highest BCUT2D eigenvalue weighted by atomic mass is 16.5. The van der Waals surface area contributed by atoms with Crippen molar-refractivity contribution >= 4 is 23.1 Å². The zero-order valence-electron chi connectivity index (χ0n) is 40.3. The average molecular weight is 913 g/mol. The van der Waals surface area contributed by atoms with E-state index < -0.39 is 0 Å². The van der Waals surface area contributed by atoms with Crippen molar-refractivity contribution < 1.29 is 19.0 Å². The van der Waals surface area contributed by atoms with Gasteiger partial charge in [0.2, 0.25) is 6.08 Å². The van der Waals surface area contributed by atoms with Crippen molar-refractivity contribution in [3.05, 3.63) is 180 Å². The predicted molar refractivity (Wildman–Crippen MR) is 279 cm³/mol. The molecule has 3 saturated carbocycles. The number of rotatable bonds is 6. The normalized spacial score (nSPS) is 18.5. The Kier molecular flexibility index (Phi) is 20.3. The first kappa shape index (κ1) is 52.2. The number of hydrogen-bond donors (Lipinski definition) is 0. The Balaban J connectivity index is 0.000000168. The van der Waals surface area contributed by atoms with Gasteiger partial charge in [-0.15, -0.1) is 5.26 Å². The van der Waals surface area contributed by atoms with Crippen molar-refractivity contribution in [3.8, 4) is 23.5 Å². The Bertz CT molecular complexity index is 2370. The number of nitrogens with zero attached hydrogens (tertiary/aromatic N) is 4. The van der Waals surface area contributed by atoms with Gasteiger partial charge in [0.1, 0.15) is 17.2 Å². The molecule has 3 fully saturated rings. The number of ether oxygens (including phenoxy) is 3. The van der Waals surface area contributed by atoms with Crippen LogP contribution in [0.1, 0.15) is 110 Å². The molecular formula is C60H72N4O4. The van der Waals surface area contributed by atoms with E-state index in [1.165, 1.54) is 52.3 Å². The number of hydrogen-bond acceptors (Lipinski definition) is 8. The van der Waals surface area contributed by atoms with Crippen LogP contribution < -0.4 is 24.0 Å². The molecule has 2 aliphatic heterocycles. The monoisotopic (exact) mass is 913 g/mol. The second-order valence-electron chi connectivity index (χ2n) is 17.5. The fourth-order valence-electron chi connectivity index (χ4n) is 10.1. The lowest BCUT2D eigenvalue weighted by molar-refractivity contribution is 0.259. The number of anilines is 2. The Morgan fingerprint density at radius 2 is 1.01 bits per heavy atom. The van der Waals surface area contributed by atoms with Crippen molar-refractivity contribution in [2.24, 2.45) is 28.7 Å². The number of para-hydroxylation sites is 4. The number of fused-ring (bicyclic) bond motifs is 7. The molecule has 8 heteroatoms. The molecule has 68 heavy (non-hydrogen) atoms. The van der Waals surface area contributed by atoms with Crippen molar-refractivity contribution in [1.82, 2.24) is 0 Å². The van der Waals surface area contributed by atoms with E-state index in [1.807, 2.05) is 88.4 Å². The SMILES string of the molecule is C.C1CC2C3CCC(C3)C2C1.CC.CC.CC(C)(c1ccc(N=C=O)cc1)c1ccc(OC#N)cc1.c1ccc(N2COc3ccccc3C2)cc1.c1ccc(N2COc3ccccc3C2)cc1. The summed E-state index contributed by atoms with van der Waals surface area (Å²) in [6.45, 7) is 15.3. The molecule has 8 nitrogen and oxygen atoms in total. The summed E-state index contributed by atoms with van der Waals surface area (Å²) < 4.78 is 16.2. The molecule has 0 radical (unpaired) electrons. The van der Waals surface area contributed by atoms with Crippen molar-refractivity contribution in [3.63, 3.8) is 0 Å². The summed E-state index contributed by atoms with van der Waals surface area (Å²) in [5, 5.41) is 8.49. The minimum absolute atomic E-state index is 0. The molecule has 2 bridgehead atoms. The molecule has 356 valence electrons. The fourth-order valence-corrected chi connectivity index (χ4v) is 10.1. The van der Waals surface area contributed by atoms with Crippen LogP contribution in [0.25, 0.3) is 0 Å². The van der Waals surface area contributed by atoms with Gasteiger partial charge in [0.15, 0.2) is 13.5 Å². The lowest BCUT2D eigenvalue weighted by Gasteiger charge is -2.30. The van der Waals surface area contributed by atoms with Crippen LogP contribution in [0.15, 0.2) is 163 Å². The summed E-state index contributed by atoms with van der Waals surface area (Å²) >= 11 is 0. The summed E-state index contributed by atoms with van der Waals surface area (Å²) in [5.41, 5.74) is 7.47. The highest BCUT2D eigenvalue weighted by Crippen LogP contribution is 2.58. The fraction of sp³-hybridized carbons (Fsp3) is 0.367. The quantitative estimate of drug-likeness (QED) is 0.0934. The van der Waals surface area contributed by atoms with Gasteiger partial charge < -0.3 is 24.0 Å². The molecule has 0 amide bonds. The van der Waals surface area contributed by atoms with Gasteiger partial charge in [0.05, 0.1) is 5.69 Å². The summed E-state index contributed by atoms with van der Waals surface area (Å²) in [5.74, 6) is 7.34. The molecule has 3 aliphatic carbocycles. The molecule has 0 N–H and O–H groups in total. The van der Waals surface area contributed by atoms with Crippen LogP contribution in [0.3, 0.4) is 0 Å². The standard InChI is InChI=1S/C17H14N2O2.2C14H13NO.C10H16.2C2H6.CH4/c1-17(2,13-3-7-15(8-4-13)19-12-20)14-5-9-16(10-6-14)21-11-18;2*1-2-7-13(8-3-1)15-10-12-6-4-5-9-14(12)16-11-15;1-2-9-7-4-5-8(6-7)10(9)3-1;2*1-2;/h3-10H,1-2H3;2*1-9H,10-11H2;7-10H,1-6H2;2*1-2H3;1H4. The molecule has 0 saturated heterocycles. The third kappa shape index (κ3) is 13.4. The molecule has 11 rings (SSSR count). The van der Waals surface area contributed by atoms with E-state index in [9.17, 15) is 4.79 Å². The van der Waals surface area contributed by atoms with Gasteiger partial charge in [0.25, 0.3) is 6.26 Å². The maximum absolute atomic E-state index is 10.2. The van der Waals surface area contributed by atoms with Crippen molar-refractivity contribution in [1.29, 1.82) is 5.26 Å². The zero-order valence-corrected chi connectivity index (χ0v) is 40.3. The van der Waals surface area contributed by atoms with Crippen molar-refractivity contribution in [2.75, 3.05) is 23.3 Å². The Morgan fingerprint density at radius 3 is 1.46 bits per heavy atom. The molecule has 5 aliphatic rings. The first-order chi connectivity index (χ1) is 32.9. The number of benzene rings is 6. The third-order valence-electron chi connectivity index (χ3n) is 13.5. The Labute approximate surface area is 407 Å². The lowest BCUT2D eigenvalue weighted by atomic mass is 9.78. The van der Waals surface area contributed by atoms with E-state index in [0.29, 0.717) is 24.9 Å². The molecule has 0 spiro atoms. The minimum atomic E-state index is -0.214. The summed E-state index contributed by atoms with van der Waals surface area (Å²) in [7, 11) is 0. The lowest BCUT2D eigenvalue weighted by Crippen LogP contribution is -2.31. The second-order valence-corrected chi connectivity index (χ2v) is 17.5. The summed E-state index contributed by atoms with van der Waals surface area (Å²) in [6, 6.07) is 52.0. The summed E-state index contributed by atoms with van der Waals surface area (Å²) in [4.78, 5) is 18.3. The maximum atomic E-state index is 10.2. The van der Waals surface area contributed by atoms with Gasteiger partial charge >= 0.3 is 0 Å². The largest absolute Gasteiger partial charge is 0.473 e. The van der Waals surface area contributed by atoms with Crippen molar-refractivity contribution in [2.45, 2.75) is 106 Å². The molecule has 0 aromatic heterocycles. The van der Waals surface area contributed by atoms with E-state index in [1.54, 1.807) is 69.0 Å². The third-order valence-corrected chi connectivity index (χ3v) is 13.5. The smallest absolute Gasteiger partial charge is 0.292 e. The summed E-state index contributed by atoms with van der Waals surface area (Å²) in [6.07, 6.45) is 12.7. The first-order valence-corrected chi connectivity index (χ1v) is 24.3. The number of aliphatic imine (C=N–C) groups is 1. The minimum Gasteiger partial charge on any atom is -0.473 e. The second kappa shape index (κ2) is 26.5. The van der Waals surface area contributed by atoms with E-state index >= 15 is 0 Å². The number of nitriles is 1. The molecule has 6 aromatic rings. The maximum Gasteiger partial charge on any atom is 0.292 e. The first-order valence-electron chi connectivity index (χ1n) is 24.3. The molecule has 4 unspecified atom stereocenters. The van der Waals surface area contributed by atoms with E-state index in [-0.39, 0.29) is 12.8 Å². The van der Waals surface area contributed by atoms with Crippen LogP contribution in [0, 0.1) is 35.2 Å². The Morgan fingerprint density at radius 1 is 0.588 bits per heavy atom. The van der Waals surface area contributed by atoms with Crippen LogP contribution in [-0.4, -0.2) is 19.5 Å². The van der Waals surface area contributed by atoms with Crippen LogP contribution in [0.2, 0.25) is 0 Å². The van der Waals surface area contributed by atoms with Gasteiger partial charge in [-0.2, -0.15) is 4.99 Å².